The van der Waals surface area contributed by atoms with Gasteiger partial charge in [-0.2, -0.15) is 0 Å². The second-order valence-electron chi connectivity index (χ2n) is 5.91. The molecule has 1 fully saturated rings. The molecule has 122 valence electrons. The number of ether oxygens (including phenoxy) is 2. The van der Waals surface area contributed by atoms with E-state index in [-0.39, 0.29) is 18.6 Å². The molecule has 5 heteroatoms. The maximum Gasteiger partial charge on any atom is 0.258 e. The van der Waals surface area contributed by atoms with E-state index in [1.165, 1.54) is 0 Å². The van der Waals surface area contributed by atoms with E-state index in [0.29, 0.717) is 17.5 Å². The molecule has 0 unspecified atom stereocenters. The van der Waals surface area contributed by atoms with E-state index in [4.69, 9.17) is 9.47 Å². The van der Waals surface area contributed by atoms with Gasteiger partial charge in [-0.15, -0.1) is 0 Å². The molecule has 1 aromatic carbocycles. The van der Waals surface area contributed by atoms with Gasteiger partial charge in [-0.25, -0.2) is 0 Å². The predicted octanol–water partition coefficient (Wildman–Crippen LogP) is 2.06. The first kappa shape index (κ1) is 16.6. The standard InChI is InChI=1S/C17H26N2O3/c1-13(2)19-10-8-14(9-11-19)18-17(20)12-22-16-7-5-4-6-15(16)21-3/h4-7,13-14H,8-12H2,1-3H3,(H,18,20). The predicted molar refractivity (Wildman–Crippen MR) is 86.4 cm³/mol. The van der Waals surface area contributed by atoms with E-state index in [2.05, 4.69) is 24.1 Å². The zero-order chi connectivity index (χ0) is 15.9. The summed E-state index contributed by atoms with van der Waals surface area (Å²) in [6.07, 6.45) is 2.00. The first-order valence-electron chi connectivity index (χ1n) is 7.89. The highest BCUT2D eigenvalue weighted by Gasteiger charge is 2.22. The molecule has 0 aliphatic carbocycles. The van der Waals surface area contributed by atoms with Crippen LogP contribution in [0.25, 0.3) is 0 Å². The summed E-state index contributed by atoms with van der Waals surface area (Å²) in [4.78, 5) is 14.4. The lowest BCUT2D eigenvalue weighted by atomic mass is 10.0. The van der Waals surface area contributed by atoms with Crippen LogP contribution in [-0.2, 0) is 4.79 Å². The van der Waals surface area contributed by atoms with Crippen LogP contribution in [0.4, 0.5) is 0 Å². The molecule has 0 saturated carbocycles. The Balaban J connectivity index is 1.75. The van der Waals surface area contributed by atoms with Crippen molar-refractivity contribution in [1.29, 1.82) is 0 Å². The van der Waals surface area contributed by atoms with Gasteiger partial charge in [0.25, 0.3) is 5.91 Å². The molecule has 1 amide bonds. The summed E-state index contributed by atoms with van der Waals surface area (Å²) in [6, 6.07) is 8.17. The molecule has 1 aliphatic rings. The van der Waals surface area contributed by atoms with Crippen molar-refractivity contribution in [2.75, 3.05) is 26.8 Å². The number of carbonyl (C=O) groups excluding carboxylic acids is 1. The SMILES string of the molecule is COc1ccccc1OCC(=O)NC1CCN(C(C)C)CC1. The molecule has 1 heterocycles. The van der Waals surface area contributed by atoms with E-state index >= 15 is 0 Å². The fourth-order valence-electron chi connectivity index (χ4n) is 2.71. The minimum atomic E-state index is -0.0751. The van der Waals surface area contributed by atoms with E-state index < -0.39 is 0 Å². The summed E-state index contributed by atoms with van der Waals surface area (Å²) in [5.41, 5.74) is 0. The van der Waals surface area contributed by atoms with Gasteiger partial charge in [0, 0.05) is 25.2 Å². The van der Waals surface area contributed by atoms with Gasteiger partial charge >= 0.3 is 0 Å². The Morgan fingerprint density at radius 2 is 1.91 bits per heavy atom. The maximum absolute atomic E-state index is 12.0. The first-order chi connectivity index (χ1) is 10.6. The maximum atomic E-state index is 12.0. The normalized spacial score (nSPS) is 16.5. The number of likely N-dealkylation sites (tertiary alicyclic amines) is 1. The average molecular weight is 306 g/mol. The minimum absolute atomic E-state index is 0.0186. The molecule has 0 atom stereocenters. The number of para-hydroxylation sites is 2. The molecule has 5 nitrogen and oxygen atoms in total. The Morgan fingerprint density at radius 3 is 2.50 bits per heavy atom. The second-order valence-corrected chi connectivity index (χ2v) is 5.91. The van der Waals surface area contributed by atoms with Crippen LogP contribution >= 0.6 is 0 Å². The van der Waals surface area contributed by atoms with Crippen molar-refractivity contribution in [3.8, 4) is 11.5 Å². The topological polar surface area (TPSA) is 50.8 Å². The van der Waals surface area contributed by atoms with Crippen molar-refractivity contribution in [3.63, 3.8) is 0 Å². The van der Waals surface area contributed by atoms with Gasteiger partial charge in [-0.05, 0) is 38.8 Å². The summed E-state index contributed by atoms with van der Waals surface area (Å²) in [7, 11) is 1.59. The largest absolute Gasteiger partial charge is 0.493 e. The van der Waals surface area contributed by atoms with Crippen LogP contribution in [0.1, 0.15) is 26.7 Å². The summed E-state index contributed by atoms with van der Waals surface area (Å²) >= 11 is 0. The van der Waals surface area contributed by atoms with Crippen LogP contribution in [0.5, 0.6) is 11.5 Å². The Kier molecular flexibility index (Phi) is 6.07. The van der Waals surface area contributed by atoms with Crippen LogP contribution < -0.4 is 14.8 Å². The molecule has 2 rings (SSSR count). The summed E-state index contributed by atoms with van der Waals surface area (Å²) < 4.78 is 10.7. The lowest BCUT2D eigenvalue weighted by Gasteiger charge is -2.34. The molecule has 0 radical (unpaired) electrons. The van der Waals surface area contributed by atoms with Crippen molar-refractivity contribution in [2.45, 2.75) is 38.8 Å². The smallest absolute Gasteiger partial charge is 0.258 e. The first-order valence-corrected chi connectivity index (χ1v) is 7.89. The average Bonchev–Trinajstić information content (AvgIpc) is 2.53. The summed E-state index contributed by atoms with van der Waals surface area (Å²) in [6.45, 7) is 6.51. The number of nitrogens with zero attached hydrogens (tertiary/aromatic N) is 1. The van der Waals surface area contributed by atoms with Crippen molar-refractivity contribution in [2.24, 2.45) is 0 Å². The number of piperidine rings is 1. The molecule has 0 aromatic heterocycles. The van der Waals surface area contributed by atoms with Crippen molar-refractivity contribution in [3.05, 3.63) is 24.3 Å². The number of hydrogen-bond donors (Lipinski definition) is 1. The molecular formula is C17H26N2O3. The van der Waals surface area contributed by atoms with Gasteiger partial charge in [0.05, 0.1) is 7.11 Å². The van der Waals surface area contributed by atoms with E-state index in [0.717, 1.165) is 25.9 Å². The van der Waals surface area contributed by atoms with Gasteiger partial charge in [0.2, 0.25) is 0 Å². The molecular weight excluding hydrogens is 280 g/mol. The monoisotopic (exact) mass is 306 g/mol. The number of nitrogens with one attached hydrogen (secondary N) is 1. The van der Waals surface area contributed by atoms with E-state index in [9.17, 15) is 4.79 Å². The van der Waals surface area contributed by atoms with Gasteiger partial charge in [0.1, 0.15) is 0 Å². The van der Waals surface area contributed by atoms with Crippen LogP contribution in [0.2, 0.25) is 0 Å². The zero-order valence-corrected chi connectivity index (χ0v) is 13.7. The Hall–Kier alpha value is -1.75. The van der Waals surface area contributed by atoms with Crippen LogP contribution in [0.3, 0.4) is 0 Å². The number of benzene rings is 1. The molecule has 0 spiro atoms. The lowest BCUT2D eigenvalue weighted by Crippen LogP contribution is -2.47. The molecule has 22 heavy (non-hydrogen) atoms. The quantitative estimate of drug-likeness (QED) is 0.874. The highest BCUT2D eigenvalue weighted by molar-refractivity contribution is 5.77. The highest BCUT2D eigenvalue weighted by atomic mass is 16.5. The third-order valence-corrected chi connectivity index (χ3v) is 4.05. The highest BCUT2D eigenvalue weighted by Crippen LogP contribution is 2.25. The number of carbonyl (C=O) groups is 1. The molecule has 1 N–H and O–H groups in total. The fraction of sp³-hybridized carbons (Fsp3) is 0.588. The van der Waals surface area contributed by atoms with Crippen molar-refractivity contribution >= 4 is 5.91 Å². The zero-order valence-electron chi connectivity index (χ0n) is 13.7. The van der Waals surface area contributed by atoms with E-state index in [1.807, 2.05) is 18.2 Å². The van der Waals surface area contributed by atoms with Crippen molar-refractivity contribution in [1.82, 2.24) is 10.2 Å². The van der Waals surface area contributed by atoms with Gasteiger partial charge in [0.15, 0.2) is 18.1 Å². The summed E-state index contributed by atoms with van der Waals surface area (Å²) in [5.74, 6) is 1.16. The van der Waals surface area contributed by atoms with E-state index in [1.54, 1.807) is 13.2 Å². The van der Waals surface area contributed by atoms with Crippen molar-refractivity contribution < 1.29 is 14.3 Å². The number of amides is 1. The van der Waals surface area contributed by atoms with Gasteiger partial charge in [-0.3, -0.25) is 4.79 Å². The fourth-order valence-corrected chi connectivity index (χ4v) is 2.71. The molecule has 0 bridgehead atoms. The molecule has 1 aliphatic heterocycles. The van der Waals surface area contributed by atoms with Crippen LogP contribution in [0.15, 0.2) is 24.3 Å². The van der Waals surface area contributed by atoms with Gasteiger partial charge < -0.3 is 19.7 Å². The number of methoxy groups -OCH3 is 1. The molecule has 1 aromatic rings. The lowest BCUT2D eigenvalue weighted by molar-refractivity contribution is -0.124. The molecule has 1 saturated heterocycles. The minimum Gasteiger partial charge on any atom is -0.493 e. The van der Waals surface area contributed by atoms with Crippen LogP contribution in [0, 0.1) is 0 Å². The van der Waals surface area contributed by atoms with Crippen LogP contribution in [-0.4, -0.2) is 49.7 Å². The number of rotatable bonds is 6. The number of hydrogen-bond acceptors (Lipinski definition) is 4. The third-order valence-electron chi connectivity index (χ3n) is 4.05. The summed E-state index contributed by atoms with van der Waals surface area (Å²) in [5, 5.41) is 3.05. The van der Waals surface area contributed by atoms with Gasteiger partial charge in [-0.1, -0.05) is 12.1 Å². The Labute approximate surface area is 132 Å². The Morgan fingerprint density at radius 1 is 1.27 bits per heavy atom. The third kappa shape index (κ3) is 4.63. The Bertz CT molecular complexity index is 483. The second kappa shape index (κ2) is 8.03.